The van der Waals surface area contributed by atoms with Crippen molar-refractivity contribution in [1.29, 1.82) is 5.26 Å². The highest BCUT2D eigenvalue weighted by molar-refractivity contribution is 5.32. The molecule has 0 spiro atoms. The van der Waals surface area contributed by atoms with E-state index in [-0.39, 0.29) is 0 Å². The minimum Gasteiger partial charge on any atom is -0.314 e. The van der Waals surface area contributed by atoms with Gasteiger partial charge >= 0.3 is 0 Å². The van der Waals surface area contributed by atoms with Crippen LogP contribution in [0.4, 0.5) is 0 Å². The maximum atomic E-state index is 8.66. The minimum absolute atomic E-state index is 0.355. The molecule has 1 aliphatic rings. The zero-order chi connectivity index (χ0) is 10.0. The Balaban J connectivity index is 2.08. The van der Waals surface area contributed by atoms with Crippen LogP contribution in [0.25, 0.3) is 0 Å². The summed E-state index contributed by atoms with van der Waals surface area (Å²) < 4.78 is 0. The molecular formula is C12H14N2. The van der Waals surface area contributed by atoms with Crippen molar-refractivity contribution >= 4 is 0 Å². The molecule has 0 bridgehead atoms. The maximum absolute atomic E-state index is 8.66. The van der Waals surface area contributed by atoms with Crippen LogP contribution in [0.2, 0.25) is 0 Å². The number of likely N-dealkylation sites (N-methyl/N-ethyl adjacent to an activating group) is 1. The van der Waals surface area contributed by atoms with E-state index in [1.165, 1.54) is 18.4 Å². The van der Waals surface area contributed by atoms with Crippen molar-refractivity contribution < 1.29 is 0 Å². The van der Waals surface area contributed by atoms with Crippen molar-refractivity contribution in [3.05, 3.63) is 35.4 Å². The second kappa shape index (κ2) is 3.43. The third kappa shape index (κ3) is 1.78. The number of nitriles is 1. The van der Waals surface area contributed by atoms with Gasteiger partial charge in [-0.05, 0) is 44.0 Å². The average molecular weight is 186 g/mol. The highest BCUT2D eigenvalue weighted by atomic mass is 15.0. The Morgan fingerprint density at radius 2 is 2.00 bits per heavy atom. The summed E-state index contributed by atoms with van der Waals surface area (Å²) in [5.74, 6) is 0. The fraction of sp³-hybridized carbons (Fsp3) is 0.417. The summed E-state index contributed by atoms with van der Waals surface area (Å²) in [5, 5.41) is 12.0. The first-order valence-corrected chi connectivity index (χ1v) is 4.96. The third-order valence-electron chi connectivity index (χ3n) is 3.01. The molecule has 1 fully saturated rings. The van der Waals surface area contributed by atoms with Crippen LogP contribution in [0, 0.1) is 11.3 Å². The summed E-state index contributed by atoms with van der Waals surface area (Å²) in [4.78, 5) is 0. The van der Waals surface area contributed by atoms with Gasteiger partial charge in [0.1, 0.15) is 0 Å². The molecule has 1 aliphatic carbocycles. The van der Waals surface area contributed by atoms with E-state index in [1.807, 2.05) is 19.2 Å². The van der Waals surface area contributed by atoms with Gasteiger partial charge < -0.3 is 5.32 Å². The quantitative estimate of drug-likeness (QED) is 0.782. The molecule has 2 nitrogen and oxygen atoms in total. The number of rotatable bonds is 3. The van der Waals surface area contributed by atoms with E-state index in [9.17, 15) is 0 Å². The number of hydrogen-bond acceptors (Lipinski definition) is 2. The molecule has 0 amide bonds. The van der Waals surface area contributed by atoms with E-state index >= 15 is 0 Å². The smallest absolute Gasteiger partial charge is 0.0991 e. The Morgan fingerprint density at radius 1 is 1.36 bits per heavy atom. The van der Waals surface area contributed by atoms with Gasteiger partial charge in [0.15, 0.2) is 0 Å². The van der Waals surface area contributed by atoms with Crippen molar-refractivity contribution in [1.82, 2.24) is 5.32 Å². The van der Waals surface area contributed by atoms with E-state index in [4.69, 9.17) is 5.26 Å². The summed E-state index contributed by atoms with van der Waals surface area (Å²) in [6, 6.07) is 10.0. The van der Waals surface area contributed by atoms with Crippen LogP contribution in [0.15, 0.2) is 24.3 Å². The van der Waals surface area contributed by atoms with Gasteiger partial charge in [-0.1, -0.05) is 12.1 Å². The van der Waals surface area contributed by atoms with Crippen LogP contribution in [0.5, 0.6) is 0 Å². The van der Waals surface area contributed by atoms with Crippen molar-refractivity contribution in [3.63, 3.8) is 0 Å². The van der Waals surface area contributed by atoms with Gasteiger partial charge in [0.2, 0.25) is 0 Å². The van der Waals surface area contributed by atoms with E-state index in [0.29, 0.717) is 5.54 Å². The molecule has 0 saturated heterocycles. The summed E-state index contributed by atoms with van der Waals surface area (Å²) >= 11 is 0. The lowest BCUT2D eigenvalue weighted by molar-refractivity contribution is 0.549. The molecule has 0 heterocycles. The minimum atomic E-state index is 0.355. The lowest BCUT2D eigenvalue weighted by Gasteiger charge is -2.13. The number of nitrogens with one attached hydrogen (secondary N) is 1. The number of nitrogens with zero attached hydrogens (tertiary/aromatic N) is 1. The van der Waals surface area contributed by atoms with Gasteiger partial charge in [0.05, 0.1) is 11.6 Å². The van der Waals surface area contributed by atoms with Gasteiger partial charge in [-0.2, -0.15) is 5.26 Å². The van der Waals surface area contributed by atoms with E-state index in [2.05, 4.69) is 23.5 Å². The van der Waals surface area contributed by atoms with Crippen LogP contribution in [0.3, 0.4) is 0 Å². The maximum Gasteiger partial charge on any atom is 0.0991 e. The lowest BCUT2D eigenvalue weighted by atomic mass is 10.0. The summed E-state index contributed by atoms with van der Waals surface area (Å²) in [6.07, 6.45) is 3.61. The molecule has 0 radical (unpaired) electrons. The summed E-state index contributed by atoms with van der Waals surface area (Å²) in [5.41, 5.74) is 2.41. The highest BCUT2D eigenvalue weighted by Crippen LogP contribution is 2.37. The molecule has 1 saturated carbocycles. The van der Waals surface area contributed by atoms with E-state index < -0.39 is 0 Å². The monoisotopic (exact) mass is 186 g/mol. The molecule has 2 rings (SSSR count). The Labute approximate surface area is 84.6 Å². The van der Waals surface area contributed by atoms with Gasteiger partial charge in [0.25, 0.3) is 0 Å². The predicted molar refractivity (Wildman–Crippen MR) is 55.9 cm³/mol. The van der Waals surface area contributed by atoms with Crippen molar-refractivity contribution in [2.75, 3.05) is 7.05 Å². The largest absolute Gasteiger partial charge is 0.314 e. The second-order valence-corrected chi connectivity index (χ2v) is 4.02. The van der Waals surface area contributed by atoms with Gasteiger partial charge in [-0.3, -0.25) is 0 Å². The fourth-order valence-electron chi connectivity index (χ4n) is 1.75. The SMILES string of the molecule is CNC1(Cc2ccc(C#N)cc2)CC1. The molecule has 14 heavy (non-hydrogen) atoms. The Kier molecular flexibility index (Phi) is 2.26. The number of benzene rings is 1. The van der Waals surface area contributed by atoms with Crippen LogP contribution < -0.4 is 5.32 Å². The van der Waals surface area contributed by atoms with Crippen molar-refractivity contribution in [2.24, 2.45) is 0 Å². The first kappa shape index (κ1) is 9.23. The number of hydrogen-bond donors (Lipinski definition) is 1. The molecule has 2 heteroatoms. The van der Waals surface area contributed by atoms with Gasteiger partial charge in [0, 0.05) is 5.54 Å². The molecule has 0 atom stereocenters. The summed E-state index contributed by atoms with van der Waals surface area (Å²) in [6.45, 7) is 0. The van der Waals surface area contributed by atoms with E-state index in [1.54, 1.807) is 0 Å². The molecule has 72 valence electrons. The molecular weight excluding hydrogens is 172 g/mol. The molecule has 1 aromatic rings. The van der Waals surface area contributed by atoms with Gasteiger partial charge in [-0.25, -0.2) is 0 Å². The zero-order valence-electron chi connectivity index (χ0n) is 8.38. The van der Waals surface area contributed by atoms with E-state index in [0.717, 1.165) is 12.0 Å². The zero-order valence-corrected chi connectivity index (χ0v) is 8.38. The van der Waals surface area contributed by atoms with Crippen LogP contribution in [-0.4, -0.2) is 12.6 Å². The first-order chi connectivity index (χ1) is 6.78. The third-order valence-corrected chi connectivity index (χ3v) is 3.01. The van der Waals surface area contributed by atoms with Crippen LogP contribution in [0.1, 0.15) is 24.0 Å². The topological polar surface area (TPSA) is 35.8 Å². The Hall–Kier alpha value is -1.33. The standard InChI is InChI=1S/C12H14N2/c1-14-12(6-7-12)8-10-2-4-11(9-13)5-3-10/h2-5,14H,6-8H2,1H3. The van der Waals surface area contributed by atoms with Crippen LogP contribution in [-0.2, 0) is 6.42 Å². The van der Waals surface area contributed by atoms with Crippen LogP contribution >= 0.6 is 0 Å². The van der Waals surface area contributed by atoms with Crippen molar-refractivity contribution in [2.45, 2.75) is 24.8 Å². The first-order valence-electron chi connectivity index (χ1n) is 4.96. The Bertz CT molecular complexity index is 355. The molecule has 0 aromatic heterocycles. The molecule has 1 aromatic carbocycles. The summed E-state index contributed by atoms with van der Waals surface area (Å²) in [7, 11) is 2.02. The molecule has 0 unspecified atom stereocenters. The van der Waals surface area contributed by atoms with Crippen molar-refractivity contribution in [3.8, 4) is 6.07 Å². The molecule has 1 N–H and O–H groups in total. The Morgan fingerprint density at radius 3 is 2.43 bits per heavy atom. The second-order valence-electron chi connectivity index (χ2n) is 4.02. The predicted octanol–water partition coefficient (Wildman–Crippen LogP) is 1.85. The molecule has 0 aliphatic heterocycles. The fourth-order valence-corrected chi connectivity index (χ4v) is 1.75. The highest BCUT2D eigenvalue weighted by Gasteiger charge is 2.40. The lowest BCUT2D eigenvalue weighted by Crippen LogP contribution is -2.29. The normalized spacial score (nSPS) is 17.4. The van der Waals surface area contributed by atoms with Gasteiger partial charge in [-0.15, -0.1) is 0 Å². The average Bonchev–Trinajstić information content (AvgIpc) is 3.00.